The molecular formula is C18H13N3O5. The first kappa shape index (κ1) is 16.9. The topological polar surface area (TPSA) is 118 Å². The number of nitro groups is 1. The summed E-state index contributed by atoms with van der Waals surface area (Å²) in [6.45, 7) is 0. The van der Waals surface area contributed by atoms with E-state index in [4.69, 9.17) is 4.42 Å². The molecule has 8 nitrogen and oxygen atoms in total. The van der Waals surface area contributed by atoms with Gasteiger partial charge in [-0.15, -0.1) is 0 Å². The molecule has 3 rings (SSSR count). The van der Waals surface area contributed by atoms with E-state index in [9.17, 15) is 20.0 Å². The van der Waals surface area contributed by atoms with Gasteiger partial charge in [0, 0.05) is 23.3 Å². The molecule has 0 radical (unpaired) electrons. The van der Waals surface area contributed by atoms with Crippen LogP contribution in [0.1, 0.15) is 16.1 Å². The zero-order chi connectivity index (χ0) is 18.5. The Morgan fingerprint density at radius 3 is 2.65 bits per heavy atom. The van der Waals surface area contributed by atoms with Gasteiger partial charge in [-0.05, 0) is 36.4 Å². The van der Waals surface area contributed by atoms with Gasteiger partial charge in [0.1, 0.15) is 17.3 Å². The molecule has 2 N–H and O–H groups in total. The molecule has 0 saturated heterocycles. The fourth-order valence-corrected chi connectivity index (χ4v) is 2.18. The van der Waals surface area contributed by atoms with Gasteiger partial charge in [0.15, 0.2) is 0 Å². The largest absolute Gasteiger partial charge is 0.508 e. The van der Waals surface area contributed by atoms with Gasteiger partial charge in [-0.2, -0.15) is 5.10 Å². The fourth-order valence-electron chi connectivity index (χ4n) is 2.18. The molecule has 0 saturated carbocycles. The van der Waals surface area contributed by atoms with Crippen LogP contribution in [0.25, 0.3) is 11.3 Å². The Balaban J connectivity index is 1.67. The van der Waals surface area contributed by atoms with E-state index >= 15 is 0 Å². The Hall–Kier alpha value is -3.94. The normalized spacial score (nSPS) is 10.8. The third kappa shape index (κ3) is 3.93. The van der Waals surface area contributed by atoms with Gasteiger partial charge in [0.2, 0.25) is 0 Å². The van der Waals surface area contributed by atoms with Crippen LogP contribution < -0.4 is 5.43 Å². The van der Waals surface area contributed by atoms with Crippen molar-refractivity contribution >= 4 is 17.8 Å². The summed E-state index contributed by atoms with van der Waals surface area (Å²) in [5.74, 6) is 0.443. The third-order valence-electron chi connectivity index (χ3n) is 3.46. The molecule has 26 heavy (non-hydrogen) atoms. The maximum atomic E-state index is 11.9. The predicted octanol–water partition coefficient (Wildman–Crippen LogP) is 3.32. The Morgan fingerprint density at radius 2 is 1.92 bits per heavy atom. The molecule has 0 atom stereocenters. The number of phenolic OH excluding ortho intramolecular Hbond substituents is 1. The number of benzene rings is 2. The smallest absolute Gasteiger partial charge is 0.271 e. The summed E-state index contributed by atoms with van der Waals surface area (Å²) in [7, 11) is 0. The number of carbonyl (C=O) groups is 1. The minimum Gasteiger partial charge on any atom is -0.508 e. The zero-order valence-corrected chi connectivity index (χ0v) is 13.3. The molecule has 0 aliphatic carbocycles. The van der Waals surface area contributed by atoms with Crippen LogP contribution in [0.4, 0.5) is 5.69 Å². The number of amides is 1. The summed E-state index contributed by atoms with van der Waals surface area (Å²) < 4.78 is 5.55. The van der Waals surface area contributed by atoms with Crippen molar-refractivity contribution in [1.82, 2.24) is 5.43 Å². The minimum absolute atomic E-state index is 0.0321. The van der Waals surface area contributed by atoms with Crippen molar-refractivity contribution in [3.63, 3.8) is 0 Å². The summed E-state index contributed by atoms with van der Waals surface area (Å²) in [4.78, 5) is 22.2. The average Bonchev–Trinajstić information content (AvgIpc) is 3.11. The highest BCUT2D eigenvalue weighted by atomic mass is 16.6. The van der Waals surface area contributed by atoms with Crippen LogP contribution in [0.5, 0.6) is 5.75 Å². The van der Waals surface area contributed by atoms with Crippen LogP contribution in [-0.4, -0.2) is 22.2 Å². The van der Waals surface area contributed by atoms with Crippen molar-refractivity contribution < 1.29 is 19.2 Å². The van der Waals surface area contributed by atoms with Crippen molar-refractivity contribution in [3.8, 4) is 17.1 Å². The lowest BCUT2D eigenvalue weighted by molar-refractivity contribution is -0.384. The Kier molecular flexibility index (Phi) is 4.75. The van der Waals surface area contributed by atoms with E-state index in [0.29, 0.717) is 22.6 Å². The fraction of sp³-hybridized carbons (Fsp3) is 0. The van der Waals surface area contributed by atoms with Crippen molar-refractivity contribution in [1.29, 1.82) is 0 Å². The second-order valence-electron chi connectivity index (χ2n) is 5.26. The molecule has 0 unspecified atom stereocenters. The highest BCUT2D eigenvalue weighted by molar-refractivity contribution is 5.94. The van der Waals surface area contributed by atoms with Crippen LogP contribution in [0.2, 0.25) is 0 Å². The van der Waals surface area contributed by atoms with E-state index in [1.54, 1.807) is 24.3 Å². The summed E-state index contributed by atoms with van der Waals surface area (Å²) in [5.41, 5.74) is 3.21. The van der Waals surface area contributed by atoms with Crippen LogP contribution in [0.15, 0.2) is 70.2 Å². The molecule has 1 amide bonds. The number of rotatable bonds is 5. The number of nitro benzene ring substituents is 1. The average molecular weight is 351 g/mol. The lowest BCUT2D eigenvalue weighted by atomic mass is 10.1. The summed E-state index contributed by atoms with van der Waals surface area (Å²) in [6.07, 6.45) is 1.32. The van der Waals surface area contributed by atoms with Crippen LogP contribution in [0.3, 0.4) is 0 Å². The number of nitrogens with one attached hydrogen (secondary N) is 1. The Labute approximate surface area is 147 Å². The number of phenols is 1. The second kappa shape index (κ2) is 7.31. The Bertz CT molecular complexity index is 977. The standard InChI is InChI=1S/C18H13N3O5/c22-15-6-4-12(5-7-15)18(23)20-19-11-16-8-9-17(26-16)13-2-1-3-14(10-13)21(24)25/h1-11,22H,(H,20,23)/b19-11+. The molecule has 1 heterocycles. The summed E-state index contributed by atoms with van der Waals surface area (Å²) >= 11 is 0. The predicted molar refractivity (Wildman–Crippen MR) is 94.0 cm³/mol. The van der Waals surface area contributed by atoms with Gasteiger partial charge < -0.3 is 9.52 Å². The number of furan rings is 1. The highest BCUT2D eigenvalue weighted by Gasteiger charge is 2.10. The molecule has 8 heteroatoms. The van der Waals surface area contributed by atoms with Crippen LogP contribution in [-0.2, 0) is 0 Å². The molecule has 0 aliphatic rings. The highest BCUT2D eigenvalue weighted by Crippen LogP contribution is 2.25. The SMILES string of the molecule is O=C(N/N=C/c1ccc(-c2cccc([N+](=O)[O-])c2)o1)c1ccc(O)cc1. The first-order valence-corrected chi connectivity index (χ1v) is 7.50. The maximum Gasteiger partial charge on any atom is 0.271 e. The molecule has 2 aromatic carbocycles. The molecule has 0 spiro atoms. The molecular weight excluding hydrogens is 338 g/mol. The maximum absolute atomic E-state index is 11.9. The van der Waals surface area contributed by atoms with Gasteiger partial charge >= 0.3 is 0 Å². The molecule has 3 aromatic rings. The second-order valence-corrected chi connectivity index (χ2v) is 5.26. The van der Waals surface area contributed by atoms with Gasteiger partial charge in [-0.3, -0.25) is 14.9 Å². The molecule has 0 aliphatic heterocycles. The van der Waals surface area contributed by atoms with E-state index in [0.717, 1.165) is 0 Å². The first-order valence-electron chi connectivity index (χ1n) is 7.50. The number of hydrazone groups is 1. The molecule has 0 bridgehead atoms. The first-order chi connectivity index (χ1) is 12.5. The van der Waals surface area contributed by atoms with E-state index in [1.807, 2.05) is 0 Å². The van der Waals surface area contributed by atoms with Crippen LogP contribution >= 0.6 is 0 Å². The lowest BCUT2D eigenvalue weighted by Crippen LogP contribution is -2.17. The van der Waals surface area contributed by atoms with E-state index in [-0.39, 0.29) is 11.4 Å². The quantitative estimate of drug-likeness (QED) is 0.415. The van der Waals surface area contributed by atoms with Gasteiger partial charge in [-0.25, -0.2) is 5.43 Å². The van der Waals surface area contributed by atoms with E-state index in [1.165, 1.54) is 42.6 Å². The van der Waals surface area contributed by atoms with Gasteiger partial charge in [0.25, 0.3) is 11.6 Å². The number of aromatic hydroxyl groups is 1. The number of hydrogen-bond donors (Lipinski definition) is 2. The van der Waals surface area contributed by atoms with Crippen molar-refractivity contribution in [3.05, 3.63) is 82.1 Å². The van der Waals surface area contributed by atoms with E-state index in [2.05, 4.69) is 10.5 Å². The molecule has 0 fully saturated rings. The van der Waals surface area contributed by atoms with Crippen LogP contribution in [0, 0.1) is 10.1 Å². The van der Waals surface area contributed by atoms with Crippen molar-refractivity contribution in [2.24, 2.45) is 5.10 Å². The lowest BCUT2D eigenvalue weighted by Gasteiger charge is -1.99. The third-order valence-corrected chi connectivity index (χ3v) is 3.46. The van der Waals surface area contributed by atoms with Gasteiger partial charge in [-0.1, -0.05) is 12.1 Å². The number of non-ortho nitro benzene ring substituents is 1. The monoisotopic (exact) mass is 351 g/mol. The van der Waals surface area contributed by atoms with Crippen molar-refractivity contribution in [2.75, 3.05) is 0 Å². The summed E-state index contributed by atoms with van der Waals surface area (Å²) in [5, 5.41) is 23.8. The van der Waals surface area contributed by atoms with Gasteiger partial charge in [0.05, 0.1) is 11.1 Å². The Morgan fingerprint density at radius 1 is 1.15 bits per heavy atom. The minimum atomic E-state index is -0.479. The molecule has 1 aromatic heterocycles. The number of carbonyl (C=O) groups excluding carboxylic acids is 1. The number of hydrogen-bond acceptors (Lipinski definition) is 6. The summed E-state index contributed by atoms with van der Waals surface area (Å²) in [6, 6.07) is 15.1. The molecule has 130 valence electrons. The van der Waals surface area contributed by atoms with E-state index < -0.39 is 10.8 Å². The van der Waals surface area contributed by atoms with Crippen molar-refractivity contribution in [2.45, 2.75) is 0 Å². The number of nitrogens with zero attached hydrogens (tertiary/aromatic N) is 2. The zero-order valence-electron chi connectivity index (χ0n) is 13.3.